The van der Waals surface area contributed by atoms with E-state index < -0.39 is 6.10 Å². The van der Waals surface area contributed by atoms with Crippen molar-refractivity contribution in [3.05, 3.63) is 47.3 Å². The predicted molar refractivity (Wildman–Crippen MR) is 89.4 cm³/mol. The van der Waals surface area contributed by atoms with Gasteiger partial charge in [0.2, 0.25) is 0 Å². The molecule has 0 amide bonds. The summed E-state index contributed by atoms with van der Waals surface area (Å²) in [5.74, 6) is 2.33. The van der Waals surface area contributed by atoms with Gasteiger partial charge in [0.25, 0.3) is 0 Å². The maximum Gasteiger partial charge on any atom is 0.155 e. The highest BCUT2D eigenvalue weighted by atomic mass is 16.3. The van der Waals surface area contributed by atoms with E-state index in [4.69, 9.17) is 0 Å². The lowest BCUT2D eigenvalue weighted by Gasteiger charge is -2.26. The summed E-state index contributed by atoms with van der Waals surface area (Å²) in [6, 6.07) is 1.96. The molecule has 0 radical (unpaired) electrons. The molecule has 2 N–H and O–H groups in total. The molecular weight excluding hydrogens is 320 g/mol. The van der Waals surface area contributed by atoms with Crippen LogP contribution in [0.1, 0.15) is 41.9 Å². The Morgan fingerprint density at radius 1 is 1.36 bits per heavy atom. The van der Waals surface area contributed by atoms with E-state index >= 15 is 0 Å². The van der Waals surface area contributed by atoms with Crippen LogP contribution in [0.25, 0.3) is 0 Å². The van der Waals surface area contributed by atoms with Gasteiger partial charge in [0.15, 0.2) is 6.10 Å². The molecule has 9 heteroatoms. The highest BCUT2D eigenvalue weighted by Crippen LogP contribution is 2.22. The molecule has 0 unspecified atom stereocenters. The van der Waals surface area contributed by atoms with Gasteiger partial charge in [-0.1, -0.05) is 6.92 Å². The van der Waals surface area contributed by atoms with Crippen LogP contribution in [0, 0.1) is 0 Å². The van der Waals surface area contributed by atoms with E-state index in [0.29, 0.717) is 11.5 Å². The van der Waals surface area contributed by atoms with Crippen molar-refractivity contribution in [1.82, 2.24) is 39.4 Å². The van der Waals surface area contributed by atoms with Crippen molar-refractivity contribution in [3.63, 3.8) is 0 Å². The first-order valence-electron chi connectivity index (χ1n) is 8.48. The molecule has 4 rings (SSSR count). The number of hydrogen-bond acceptors (Lipinski definition) is 6. The van der Waals surface area contributed by atoms with E-state index in [2.05, 4.69) is 30.2 Å². The first-order chi connectivity index (χ1) is 12.1. The zero-order valence-electron chi connectivity index (χ0n) is 14.4. The summed E-state index contributed by atoms with van der Waals surface area (Å²) in [7, 11) is 1.87. The highest BCUT2D eigenvalue weighted by Gasteiger charge is 2.24. The summed E-state index contributed by atoms with van der Waals surface area (Å²) in [5.41, 5.74) is 1.73. The quantitative estimate of drug-likeness (QED) is 0.696. The number of H-pyrrole nitrogens is 1. The number of aromatic nitrogens is 7. The first kappa shape index (κ1) is 16.0. The predicted octanol–water partition coefficient (Wildman–Crippen LogP) is 0.395. The third kappa shape index (κ3) is 3.08. The lowest BCUT2D eigenvalue weighted by atomic mass is 10.2. The Morgan fingerprint density at radius 3 is 2.96 bits per heavy atom. The normalized spacial score (nSPS) is 16.1. The summed E-state index contributed by atoms with van der Waals surface area (Å²) in [4.78, 5) is 11.0. The van der Waals surface area contributed by atoms with E-state index in [1.54, 1.807) is 6.20 Å². The van der Waals surface area contributed by atoms with Gasteiger partial charge in [-0.2, -0.15) is 10.2 Å². The number of fused-ring (bicyclic) bond motifs is 1. The van der Waals surface area contributed by atoms with Gasteiger partial charge in [-0.05, 0) is 6.07 Å². The Bertz CT molecular complexity index is 863. The molecule has 3 aromatic heterocycles. The second-order valence-electron chi connectivity index (χ2n) is 6.35. The van der Waals surface area contributed by atoms with E-state index in [-0.39, 0.29) is 0 Å². The molecule has 9 nitrogen and oxygen atoms in total. The number of aryl methyl sites for hydroxylation is 2. The second kappa shape index (κ2) is 6.41. The Morgan fingerprint density at radius 2 is 2.24 bits per heavy atom. The van der Waals surface area contributed by atoms with Gasteiger partial charge in [-0.3, -0.25) is 14.7 Å². The van der Waals surface area contributed by atoms with E-state index in [0.717, 1.165) is 49.9 Å². The lowest BCUT2D eigenvalue weighted by Crippen LogP contribution is -2.33. The topological polar surface area (TPSA) is 101 Å². The van der Waals surface area contributed by atoms with Crippen LogP contribution < -0.4 is 0 Å². The standard InChI is InChI=1S/C16H22N8O/c1-3-13-18-14(20-19-13)10-23-6-7-24-11(9-23)8-12(21-24)15(25)16-17-4-5-22(16)2/h4-5,8,15,25H,3,6-7,9-10H2,1-2H3,(H,18,19,20)/t15-/m0/s1. The molecule has 0 saturated heterocycles. The maximum absolute atomic E-state index is 10.5. The highest BCUT2D eigenvalue weighted by molar-refractivity contribution is 5.19. The Kier molecular flexibility index (Phi) is 4.10. The first-order valence-corrected chi connectivity index (χ1v) is 8.48. The molecule has 0 saturated carbocycles. The van der Waals surface area contributed by atoms with Crippen molar-refractivity contribution >= 4 is 0 Å². The maximum atomic E-state index is 10.5. The fourth-order valence-electron chi connectivity index (χ4n) is 3.16. The van der Waals surface area contributed by atoms with Crippen molar-refractivity contribution < 1.29 is 5.11 Å². The number of nitrogens with one attached hydrogen (secondary N) is 1. The number of nitrogens with zero attached hydrogens (tertiary/aromatic N) is 7. The summed E-state index contributed by atoms with van der Waals surface area (Å²) in [6.45, 7) is 5.21. The number of imidazole rings is 1. The molecule has 3 aromatic rings. The van der Waals surface area contributed by atoms with Crippen LogP contribution in [0.15, 0.2) is 18.5 Å². The van der Waals surface area contributed by atoms with Crippen LogP contribution in [0.2, 0.25) is 0 Å². The van der Waals surface area contributed by atoms with Gasteiger partial charge in [0.05, 0.1) is 24.5 Å². The van der Waals surface area contributed by atoms with Crippen LogP contribution in [-0.2, 0) is 33.1 Å². The molecule has 0 bridgehead atoms. The van der Waals surface area contributed by atoms with Crippen molar-refractivity contribution in [3.8, 4) is 0 Å². The molecule has 0 spiro atoms. The number of rotatable bonds is 5. The molecule has 1 aliphatic rings. The molecule has 4 heterocycles. The van der Waals surface area contributed by atoms with Crippen molar-refractivity contribution in [2.45, 2.75) is 39.1 Å². The van der Waals surface area contributed by atoms with Crippen LogP contribution >= 0.6 is 0 Å². The van der Waals surface area contributed by atoms with Gasteiger partial charge in [-0.15, -0.1) is 0 Å². The fraction of sp³-hybridized carbons (Fsp3) is 0.500. The smallest absolute Gasteiger partial charge is 0.155 e. The number of aromatic amines is 1. The largest absolute Gasteiger partial charge is 0.379 e. The molecule has 0 aliphatic carbocycles. The van der Waals surface area contributed by atoms with Crippen LogP contribution in [0.5, 0.6) is 0 Å². The van der Waals surface area contributed by atoms with Crippen LogP contribution in [0.3, 0.4) is 0 Å². The number of hydrogen-bond donors (Lipinski definition) is 2. The minimum atomic E-state index is -0.812. The van der Waals surface area contributed by atoms with E-state index in [1.807, 2.05) is 35.5 Å². The lowest BCUT2D eigenvalue weighted by molar-refractivity contribution is 0.192. The summed E-state index contributed by atoms with van der Waals surface area (Å²) >= 11 is 0. The molecule has 1 aliphatic heterocycles. The SMILES string of the molecule is CCc1n[nH]c(CN2CCn3nc([C@H](O)c4nccn4C)cc3C2)n1. The Hall–Kier alpha value is -2.52. The molecule has 132 valence electrons. The minimum absolute atomic E-state index is 0.598. The van der Waals surface area contributed by atoms with Crippen molar-refractivity contribution in [2.75, 3.05) is 6.54 Å². The zero-order chi connectivity index (χ0) is 17.4. The van der Waals surface area contributed by atoms with Crippen LogP contribution in [-0.4, -0.2) is 51.1 Å². The second-order valence-corrected chi connectivity index (χ2v) is 6.35. The summed E-state index contributed by atoms with van der Waals surface area (Å²) < 4.78 is 3.78. The van der Waals surface area contributed by atoms with E-state index in [9.17, 15) is 5.11 Å². The molecular formula is C16H22N8O. The zero-order valence-corrected chi connectivity index (χ0v) is 14.4. The fourth-order valence-corrected chi connectivity index (χ4v) is 3.16. The van der Waals surface area contributed by atoms with E-state index in [1.165, 1.54) is 0 Å². The van der Waals surface area contributed by atoms with Crippen molar-refractivity contribution in [2.24, 2.45) is 7.05 Å². The van der Waals surface area contributed by atoms with Crippen molar-refractivity contribution in [1.29, 1.82) is 0 Å². The third-order valence-corrected chi connectivity index (χ3v) is 4.55. The summed E-state index contributed by atoms with van der Waals surface area (Å²) in [6.07, 6.45) is 3.52. The average Bonchev–Trinajstić information content (AvgIpc) is 3.33. The molecule has 0 aromatic carbocycles. The molecule has 0 fully saturated rings. The number of aliphatic hydroxyl groups excluding tert-OH is 1. The Labute approximate surface area is 145 Å². The van der Waals surface area contributed by atoms with Gasteiger partial charge < -0.3 is 9.67 Å². The van der Waals surface area contributed by atoms with Gasteiger partial charge in [-0.25, -0.2) is 9.97 Å². The van der Waals surface area contributed by atoms with Gasteiger partial charge in [0.1, 0.15) is 17.5 Å². The minimum Gasteiger partial charge on any atom is -0.379 e. The molecule has 25 heavy (non-hydrogen) atoms. The summed E-state index contributed by atoms with van der Waals surface area (Å²) in [5, 5.41) is 22.3. The third-order valence-electron chi connectivity index (χ3n) is 4.55. The van der Waals surface area contributed by atoms with Gasteiger partial charge >= 0.3 is 0 Å². The average molecular weight is 342 g/mol. The van der Waals surface area contributed by atoms with Gasteiger partial charge in [0, 0.05) is 39.0 Å². The monoisotopic (exact) mass is 342 g/mol. The Balaban J connectivity index is 1.48. The molecule has 1 atom stereocenters. The van der Waals surface area contributed by atoms with Crippen LogP contribution in [0.4, 0.5) is 0 Å². The number of aliphatic hydroxyl groups is 1.